The van der Waals surface area contributed by atoms with Crippen LogP contribution >= 0.6 is 23.2 Å². The third kappa shape index (κ3) is 6.02. The second-order valence-corrected chi connectivity index (χ2v) is 8.62. The summed E-state index contributed by atoms with van der Waals surface area (Å²) < 4.78 is 7.24. The van der Waals surface area contributed by atoms with Crippen LogP contribution in [0, 0.1) is 0 Å². The van der Waals surface area contributed by atoms with E-state index >= 15 is 0 Å². The second kappa shape index (κ2) is 11.3. The van der Waals surface area contributed by atoms with Gasteiger partial charge in [0.2, 0.25) is 0 Å². The van der Waals surface area contributed by atoms with Gasteiger partial charge in [-0.3, -0.25) is 9.58 Å². The Balaban J connectivity index is 2.10. The maximum absolute atomic E-state index is 13.1. The molecule has 1 unspecified atom stereocenters. The molecule has 8 heteroatoms. The number of anilines is 1. The lowest BCUT2D eigenvalue weighted by molar-refractivity contribution is 0.156. The fourth-order valence-corrected chi connectivity index (χ4v) is 4.12. The predicted octanol–water partition coefficient (Wildman–Crippen LogP) is 6.38. The van der Waals surface area contributed by atoms with E-state index in [0.717, 1.165) is 30.5 Å². The first kappa shape index (κ1) is 24.1. The molecule has 0 bridgehead atoms. The molecule has 0 N–H and O–H groups in total. The van der Waals surface area contributed by atoms with Crippen molar-refractivity contribution in [3.05, 3.63) is 76.8 Å². The smallest absolute Gasteiger partial charge is 0.414 e. The number of ether oxygens (including phenoxy) is 1. The number of hydrogen-bond donors (Lipinski definition) is 0. The first-order chi connectivity index (χ1) is 15.5. The van der Waals surface area contributed by atoms with E-state index in [-0.39, 0.29) is 6.61 Å². The molecule has 0 spiro atoms. The van der Waals surface area contributed by atoms with Gasteiger partial charge in [0.25, 0.3) is 0 Å². The molecule has 0 aliphatic heterocycles. The summed E-state index contributed by atoms with van der Waals surface area (Å²) in [6, 6.07) is 15.0. The average molecular weight is 475 g/mol. The van der Waals surface area contributed by atoms with E-state index in [1.807, 2.05) is 41.1 Å². The Morgan fingerprint density at radius 2 is 1.72 bits per heavy atom. The maximum atomic E-state index is 13.1. The molecule has 0 saturated carbocycles. The van der Waals surface area contributed by atoms with E-state index in [9.17, 15) is 4.79 Å². The number of aromatic nitrogens is 3. The molecule has 0 aliphatic carbocycles. The number of unbranched alkanes of at least 4 members (excludes halogenated alkanes) is 1. The third-order valence-corrected chi connectivity index (χ3v) is 5.99. The van der Waals surface area contributed by atoms with E-state index < -0.39 is 11.5 Å². The zero-order chi connectivity index (χ0) is 23.0. The van der Waals surface area contributed by atoms with Crippen molar-refractivity contribution in [2.45, 2.75) is 45.1 Å². The van der Waals surface area contributed by atoms with Gasteiger partial charge < -0.3 is 4.74 Å². The molecule has 1 amide bonds. The molecule has 0 fully saturated rings. The number of rotatable bonds is 10. The van der Waals surface area contributed by atoms with Crippen molar-refractivity contribution in [2.24, 2.45) is 0 Å². The number of halogens is 2. The summed E-state index contributed by atoms with van der Waals surface area (Å²) >= 11 is 12.3. The quantitative estimate of drug-likeness (QED) is 0.342. The monoisotopic (exact) mass is 474 g/mol. The van der Waals surface area contributed by atoms with Crippen LogP contribution in [0.4, 0.5) is 10.5 Å². The van der Waals surface area contributed by atoms with Crippen molar-refractivity contribution >= 4 is 35.0 Å². The lowest BCUT2D eigenvalue weighted by Crippen LogP contribution is -2.47. The topological polar surface area (TPSA) is 60.2 Å². The first-order valence-electron chi connectivity index (χ1n) is 10.8. The number of amides is 1. The van der Waals surface area contributed by atoms with Gasteiger partial charge in [0, 0.05) is 27.7 Å². The molecule has 3 aromatic rings. The number of carbonyl (C=O) groups is 1. The highest BCUT2D eigenvalue weighted by molar-refractivity contribution is 6.30. The summed E-state index contributed by atoms with van der Waals surface area (Å²) in [5.74, 6) is 0. The van der Waals surface area contributed by atoms with Gasteiger partial charge in [0.05, 0.1) is 13.2 Å². The van der Waals surface area contributed by atoms with Gasteiger partial charge in [0.15, 0.2) is 0 Å². The van der Waals surface area contributed by atoms with Gasteiger partial charge in [-0.05, 0) is 55.3 Å². The number of hydrogen-bond acceptors (Lipinski definition) is 4. The molecule has 0 saturated heterocycles. The Labute approximate surface area is 199 Å². The summed E-state index contributed by atoms with van der Waals surface area (Å²) in [6.45, 7) is 5.20. The summed E-state index contributed by atoms with van der Waals surface area (Å²) in [7, 11) is 0. The van der Waals surface area contributed by atoms with Crippen LogP contribution < -0.4 is 4.90 Å². The minimum Gasteiger partial charge on any atom is -0.449 e. The average Bonchev–Trinajstić information content (AvgIpc) is 3.30. The van der Waals surface area contributed by atoms with Crippen molar-refractivity contribution in [2.75, 3.05) is 18.1 Å². The Morgan fingerprint density at radius 3 is 2.28 bits per heavy atom. The van der Waals surface area contributed by atoms with Crippen LogP contribution in [0.5, 0.6) is 0 Å². The van der Waals surface area contributed by atoms with Crippen molar-refractivity contribution < 1.29 is 9.53 Å². The SMILES string of the molecule is CCCCC(CN(C(=O)OCC)c1ccc(Cl)cc1)(Cn1cncn1)c1ccc(Cl)cc1. The molecule has 2 aromatic carbocycles. The zero-order valence-corrected chi connectivity index (χ0v) is 19.9. The molecule has 1 heterocycles. The summed E-state index contributed by atoms with van der Waals surface area (Å²) in [5.41, 5.74) is 1.36. The fraction of sp³-hybridized carbons (Fsp3) is 0.375. The Bertz CT molecular complexity index is 978. The summed E-state index contributed by atoms with van der Waals surface area (Å²) in [4.78, 5) is 18.9. The Hall–Kier alpha value is -2.57. The molecular weight excluding hydrogens is 447 g/mol. The lowest BCUT2D eigenvalue weighted by Gasteiger charge is -2.39. The lowest BCUT2D eigenvalue weighted by atomic mass is 9.75. The van der Waals surface area contributed by atoms with Crippen LogP contribution in [-0.4, -0.2) is 34.0 Å². The number of nitrogens with zero attached hydrogens (tertiary/aromatic N) is 4. The largest absolute Gasteiger partial charge is 0.449 e. The molecule has 1 aromatic heterocycles. The molecular formula is C24H28Cl2N4O2. The van der Waals surface area contributed by atoms with Crippen molar-refractivity contribution in [3.63, 3.8) is 0 Å². The van der Waals surface area contributed by atoms with Gasteiger partial charge in [-0.2, -0.15) is 5.10 Å². The van der Waals surface area contributed by atoms with Crippen LogP contribution in [-0.2, 0) is 16.7 Å². The normalized spacial score (nSPS) is 12.9. The van der Waals surface area contributed by atoms with Crippen molar-refractivity contribution in [1.29, 1.82) is 0 Å². The minimum absolute atomic E-state index is 0.287. The van der Waals surface area contributed by atoms with E-state index in [4.69, 9.17) is 27.9 Å². The highest BCUT2D eigenvalue weighted by Gasteiger charge is 2.37. The molecule has 0 radical (unpaired) electrons. The standard InChI is InChI=1S/C24H28Cl2N4O2/c1-3-5-14-24(15-29-18-27-17-28-29,19-6-8-20(25)9-7-19)16-30(23(31)32-4-2)22-12-10-21(26)11-13-22/h6-13,17-18H,3-5,14-16H2,1-2H3. The van der Waals surface area contributed by atoms with Gasteiger partial charge in [-0.1, -0.05) is 55.1 Å². The molecule has 3 rings (SSSR count). The minimum atomic E-state index is -0.444. The molecule has 170 valence electrons. The predicted molar refractivity (Wildman–Crippen MR) is 128 cm³/mol. The highest BCUT2D eigenvalue weighted by atomic mass is 35.5. The Kier molecular flexibility index (Phi) is 8.53. The molecule has 32 heavy (non-hydrogen) atoms. The van der Waals surface area contributed by atoms with E-state index in [0.29, 0.717) is 23.1 Å². The molecule has 1 atom stereocenters. The second-order valence-electron chi connectivity index (χ2n) is 7.75. The van der Waals surface area contributed by atoms with Crippen LogP contribution in [0.25, 0.3) is 0 Å². The van der Waals surface area contributed by atoms with Crippen LogP contribution in [0.15, 0.2) is 61.2 Å². The van der Waals surface area contributed by atoms with Gasteiger partial charge >= 0.3 is 6.09 Å². The van der Waals surface area contributed by atoms with Crippen LogP contribution in [0.3, 0.4) is 0 Å². The molecule has 0 aliphatic rings. The van der Waals surface area contributed by atoms with Crippen molar-refractivity contribution in [3.8, 4) is 0 Å². The van der Waals surface area contributed by atoms with Gasteiger partial charge in [0.1, 0.15) is 12.7 Å². The van der Waals surface area contributed by atoms with Crippen LogP contribution in [0.2, 0.25) is 10.0 Å². The third-order valence-electron chi connectivity index (χ3n) is 5.48. The summed E-state index contributed by atoms with van der Waals surface area (Å²) in [5, 5.41) is 5.62. The highest BCUT2D eigenvalue weighted by Crippen LogP contribution is 2.36. The van der Waals surface area contributed by atoms with E-state index in [2.05, 4.69) is 17.0 Å². The van der Waals surface area contributed by atoms with Crippen molar-refractivity contribution in [1.82, 2.24) is 14.8 Å². The first-order valence-corrected chi connectivity index (χ1v) is 11.5. The zero-order valence-electron chi connectivity index (χ0n) is 18.4. The molecule has 6 nitrogen and oxygen atoms in total. The fourth-order valence-electron chi connectivity index (χ4n) is 3.86. The van der Waals surface area contributed by atoms with Gasteiger partial charge in [-0.15, -0.1) is 0 Å². The Morgan fingerprint density at radius 1 is 1.06 bits per heavy atom. The van der Waals surface area contributed by atoms with Gasteiger partial charge in [-0.25, -0.2) is 9.78 Å². The number of benzene rings is 2. The van der Waals surface area contributed by atoms with Crippen LogP contribution in [0.1, 0.15) is 38.7 Å². The summed E-state index contributed by atoms with van der Waals surface area (Å²) in [6.07, 6.45) is 5.67. The number of carbonyl (C=O) groups excluding carboxylic acids is 1. The maximum Gasteiger partial charge on any atom is 0.414 e. The van der Waals surface area contributed by atoms with E-state index in [1.54, 1.807) is 30.3 Å². The van der Waals surface area contributed by atoms with E-state index in [1.165, 1.54) is 6.33 Å².